The van der Waals surface area contributed by atoms with Gasteiger partial charge in [0.15, 0.2) is 0 Å². The van der Waals surface area contributed by atoms with Crippen molar-refractivity contribution >= 4 is 27.1 Å². The van der Waals surface area contributed by atoms with Crippen molar-refractivity contribution in [1.29, 1.82) is 0 Å². The summed E-state index contributed by atoms with van der Waals surface area (Å²) in [5.74, 6) is 0. The smallest absolute Gasteiger partial charge is 0.335 e. The quantitative estimate of drug-likeness (QED) is 0.644. The van der Waals surface area contributed by atoms with Crippen molar-refractivity contribution in [3.05, 3.63) is 57.6 Å². The number of nitrogens with two attached hydrogens (primary N) is 1. The summed E-state index contributed by atoms with van der Waals surface area (Å²) in [6.07, 6.45) is -4.48. The van der Waals surface area contributed by atoms with Gasteiger partial charge in [-0.25, -0.2) is 13.6 Å². The van der Waals surface area contributed by atoms with Gasteiger partial charge in [0.05, 0.1) is 15.4 Å². The van der Waals surface area contributed by atoms with E-state index in [1.807, 2.05) is 0 Å². The lowest BCUT2D eigenvalue weighted by molar-refractivity contribution is -0.384. The van der Waals surface area contributed by atoms with Crippen molar-refractivity contribution in [3.8, 4) is 0 Å². The fourth-order valence-electron chi connectivity index (χ4n) is 3.00. The van der Waals surface area contributed by atoms with E-state index in [4.69, 9.17) is 5.14 Å². The summed E-state index contributed by atoms with van der Waals surface area (Å²) < 4.78 is 62.3. The van der Waals surface area contributed by atoms with Gasteiger partial charge in [-0.05, 0) is 36.2 Å². The number of rotatable bonds is 3. The summed E-state index contributed by atoms with van der Waals surface area (Å²) in [5, 5.41) is 16.3. The third kappa shape index (κ3) is 3.10. The van der Waals surface area contributed by atoms with Crippen LogP contribution in [0.4, 0.5) is 30.2 Å². The fraction of sp³-hybridized carbons (Fsp3) is 0.200. The molecule has 2 N–H and O–H groups in total. The molecule has 1 heterocycles. The lowest BCUT2D eigenvalue weighted by Gasteiger charge is -2.20. The molecule has 1 aliphatic rings. The Morgan fingerprint density at radius 1 is 1.15 bits per heavy atom. The molecule has 0 aromatic heterocycles. The van der Waals surface area contributed by atoms with E-state index in [9.17, 15) is 31.7 Å². The Balaban J connectivity index is 2.16. The summed E-state index contributed by atoms with van der Waals surface area (Å²) >= 11 is 0. The van der Waals surface area contributed by atoms with Crippen molar-refractivity contribution in [1.82, 2.24) is 0 Å². The molecule has 26 heavy (non-hydrogen) atoms. The van der Waals surface area contributed by atoms with Gasteiger partial charge in [-0.1, -0.05) is 6.07 Å². The molecule has 0 atom stereocenters. The molecule has 0 radical (unpaired) electrons. The number of nitrogens with zero attached hydrogens (tertiary/aromatic N) is 2. The van der Waals surface area contributed by atoms with Crippen LogP contribution in [0.3, 0.4) is 0 Å². The molecule has 11 heteroatoms. The van der Waals surface area contributed by atoms with E-state index in [1.54, 1.807) is 0 Å². The number of hydrogen-bond acceptors (Lipinski definition) is 5. The number of anilines is 2. The van der Waals surface area contributed by atoms with Crippen LogP contribution in [0.2, 0.25) is 0 Å². The number of nitro groups is 1. The zero-order valence-corrected chi connectivity index (χ0v) is 13.8. The number of fused-ring (bicyclic) bond motifs is 1. The molecule has 3 rings (SSSR count). The van der Waals surface area contributed by atoms with Crippen LogP contribution in [0.15, 0.2) is 41.3 Å². The van der Waals surface area contributed by atoms with E-state index in [-0.39, 0.29) is 29.9 Å². The van der Waals surface area contributed by atoms with Crippen LogP contribution in [0, 0.1) is 10.1 Å². The van der Waals surface area contributed by atoms with Gasteiger partial charge < -0.3 is 4.90 Å². The molecule has 2 aromatic carbocycles. The molecule has 2 aromatic rings. The largest absolute Gasteiger partial charge is 0.416 e. The van der Waals surface area contributed by atoms with Gasteiger partial charge in [0.1, 0.15) is 5.69 Å². The number of nitro benzene ring substituents is 1. The predicted molar refractivity (Wildman–Crippen MR) is 86.6 cm³/mol. The minimum Gasteiger partial charge on any atom is -0.335 e. The lowest BCUT2D eigenvalue weighted by Crippen LogP contribution is -2.17. The minimum atomic E-state index is -4.54. The fourth-order valence-corrected chi connectivity index (χ4v) is 3.54. The van der Waals surface area contributed by atoms with E-state index in [1.165, 1.54) is 23.1 Å². The first-order valence-corrected chi connectivity index (χ1v) is 8.82. The van der Waals surface area contributed by atoms with Gasteiger partial charge in [-0.2, -0.15) is 13.2 Å². The summed E-state index contributed by atoms with van der Waals surface area (Å²) in [4.78, 5) is 11.5. The standard InChI is InChI=1S/C15H12F3N3O4S/c16-15(17,18)11-2-1-3-12-10(11)6-7-20(12)13-5-4-9(26(19,24)25)8-14(13)21(22)23/h1-5,8H,6-7H2,(H2,19,24,25). The number of sulfonamides is 1. The van der Waals surface area contributed by atoms with Gasteiger partial charge in [0.25, 0.3) is 5.69 Å². The van der Waals surface area contributed by atoms with Crippen molar-refractivity contribution in [3.63, 3.8) is 0 Å². The van der Waals surface area contributed by atoms with Crippen LogP contribution in [0.1, 0.15) is 11.1 Å². The molecule has 0 unspecified atom stereocenters. The predicted octanol–water partition coefficient (Wildman–Crippen LogP) is 2.96. The van der Waals surface area contributed by atoms with Crippen molar-refractivity contribution in [2.24, 2.45) is 5.14 Å². The van der Waals surface area contributed by atoms with E-state index < -0.39 is 37.3 Å². The first kappa shape index (κ1) is 18.1. The highest BCUT2D eigenvalue weighted by Crippen LogP contribution is 2.44. The molecular formula is C15H12F3N3O4S. The van der Waals surface area contributed by atoms with Crippen LogP contribution in [0.5, 0.6) is 0 Å². The topological polar surface area (TPSA) is 107 Å². The average molecular weight is 387 g/mol. The SMILES string of the molecule is NS(=O)(=O)c1ccc(N2CCc3c2cccc3C(F)(F)F)c([N+](=O)[O-])c1. The molecule has 0 saturated carbocycles. The number of alkyl halides is 3. The summed E-state index contributed by atoms with van der Waals surface area (Å²) in [6.45, 7) is 0.0952. The number of primary sulfonamides is 1. The van der Waals surface area contributed by atoms with Gasteiger partial charge in [0.2, 0.25) is 10.0 Å². The highest BCUT2D eigenvalue weighted by atomic mass is 32.2. The van der Waals surface area contributed by atoms with Crippen LogP contribution in [0.25, 0.3) is 0 Å². The normalized spacial score (nSPS) is 14.4. The van der Waals surface area contributed by atoms with E-state index in [0.717, 1.165) is 18.2 Å². The maximum absolute atomic E-state index is 13.2. The number of halogens is 3. The summed E-state index contributed by atoms with van der Waals surface area (Å²) in [5.41, 5.74) is -1.10. The summed E-state index contributed by atoms with van der Waals surface area (Å²) in [6, 6.07) is 6.69. The molecule has 0 saturated heterocycles. The van der Waals surface area contributed by atoms with Crippen LogP contribution < -0.4 is 10.0 Å². The molecule has 0 fully saturated rings. The second-order valence-corrected chi connectivity index (χ2v) is 7.22. The Morgan fingerprint density at radius 3 is 2.42 bits per heavy atom. The highest BCUT2D eigenvalue weighted by molar-refractivity contribution is 7.89. The van der Waals surface area contributed by atoms with Crippen LogP contribution in [-0.4, -0.2) is 19.9 Å². The third-order valence-electron chi connectivity index (χ3n) is 4.10. The molecule has 0 bridgehead atoms. The lowest BCUT2D eigenvalue weighted by atomic mass is 10.0. The van der Waals surface area contributed by atoms with Gasteiger partial charge in [-0.15, -0.1) is 0 Å². The zero-order chi connectivity index (χ0) is 19.3. The Morgan fingerprint density at radius 2 is 1.85 bits per heavy atom. The molecule has 1 aliphatic heterocycles. The van der Waals surface area contributed by atoms with E-state index >= 15 is 0 Å². The zero-order valence-electron chi connectivity index (χ0n) is 13.0. The van der Waals surface area contributed by atoms with Crippen molar-refractivity contribution in [2.75, 3.05) is 11.4 Å². The van der Waals surface area contributed by atoms with Crippen molar-refractivity contribution < 1.29 is 26.5 Å². The Hall–Kier alpha value is -2.66. The van der Waals surface area contributed by atoms with E-state index in [0.29, 0.717) is 0 Å². The second-order valence-electron chi connectivity index (χ2n) is 5.66. The number of hydrogen-bond donors (Lipinski definition) is 1. The minimum absolute atomic E-state index is 0.000439. The van der Waals surface area contributed by atoms with E-state index in [2.05, 4.69) is 0 Å². The molecule has 138 valence electrons. The Kier molecular flexibility index (Phi) is 4.15. The monoisotopic (exact) mass is 387 g/mol. The molecule has 0 amide bonds. The molecule has 0 aliphatic carbocycles. The molecular weight excluding hydrogens is 375 g/mol. The average Bonchev–Trinajstić information content (AvgIpc) is 2.96. The molecule has 7 nitrogen and oxygen atoms in total. The number of benzene rings is 2. The second kappa shape index (κ2) is 5.95. The van der Waals surface area contributed by atoms with Gasteiger partial charge >= 0.3 is 6.18 Å². The van der Waals surface area contributed by atoms with Crippen LogP contribution >= 0.6 is 0 Å². The van der Waals surface area contributed by atoms with Gasteiger partial charge in [0, 0.05) is 18.3 Å². The van der Waals surface area contributed by atoms with Crippen LogP contribution in [-0.2, 0) is 22.6 Å². The first-order valence-electron chi connectivity index (χ1n) is 7.28. The van der Waals surface area contributed by atoms with Crippen molar-refractivity contribution in [2.45, 2.75) is 17.5 Å². The first-order chi connectivity index (χ1) is 12.0. The van der Waals surface area contributed by atoms with Gasteiger partial charge in [-0.3, -0.25) is 10.1 Å². The maximum Gasteiger partial charge on any atom is 0.416 e. The molecule has 0 spiro atoms. The third-order valence-corrected chi connectivity index (χ3v) is 5.01. The highest BCUT2D eigenvalue weighted by Gasteiger charge is 2.38. The Bertz CT molecular complexity index is 1010. The maximum atomic E-state index is 13.2. The summed E-state index contributed by atoms with van der Waals surface area (Å²) in [7, 11) is -4.16. The Labute approximate surface area is 146 Å².